The molecule has 1 saturated carbocycles. The zero-order valence-corrected chi connectivity index (χ0v) is 11.5. The Bertz CT molecular complexity index is 789. The Morgan fingerprint density at radius 1 is 1.23 bits per heavy atom. The highest BCUT2D eigenvalue weighted by Gasteiger charge is 2.97. The highest BCUT2D eigenvalue weighted by molar-refractivity contribution is 5.95. The molecular formula is C15H12FN4O2+. The summed E-state index contributed by atoms with van der Waals surface area (Å²) in [4.78, 5) is 2.81. The van der Waals surface area contributed by atoms with E-state index in [1.165, 1.54) is 6.07 Å². The second-order valence-corrected chi connectivity index (χ2v) is 5.65. The van der Waals surface area contributed by atoms with E-state index in [0.717, 1.165) is 0 Å². The van der Waals surface area contributed by atoms with Gasteiger partial charge in [-0.25, -0.2) is 9.38 Å². The average Bonchev–Trinajstić information content (AvgIpc) is 2.76. The molecule has 1 saturated heterocycles. The van der Waals surface area contributed by atoms with Crippen molar-refractivity contribution in [3.8, 4) is 12.1 Å². The molecule has 1 aromatic carbocycles. The van der Waals surface area contributed by atoms with Crippen molar-refractivity contribution >= 4 is 5.84 Å². The maximum Gasteiger partial charge on any atom is 0.343 e. The second-order valence-electron chi connectivity index (χ2n) is 5.65. The molecule has 3 N–H and O–H groups in total. The number of hydrogen-bond acceptors (Lipinski definition) is 5. The van der Waals surface area contributed by atoms with Crippen LogP contribution < -0.4 is 10.7 Å². The number of amidine groups is 1. The van der Waals surface area contributed by atoms with Gasteiger partial charge in [0, 0.05) is 5.92 Å². The van der Waals surface area contributed by atoms with E-state index in [-0.39, 0.29) is 24.6 Å². The van der Waals surface area contributed by atoms with Gasteiger partial charge in [-0.05, 0) is 11.6 Å². The molecule has 0 radical (unpaired) electrons. The molecule has 6 nitrogen and oxygen atoms in total. The Hall–Kier alpha value is -2.48. The van der Waals surface area contributed by atoms with E-state index < -0.39 is 28.5 Å². The third kappa shape index (κ3) is 1.08. The second kappa shape index (κ2) is 3.83. The van der Waals surface area contributed by atoms with E-state index in [0.29, 0.717) is 0 Å². The van der Waals surface area contributed by atoms with E-state index in [1.54, 1.807) is 18.2 Å². The molecule has 0 aromatic heterocycles. The first-order valence-electron chi connectivity index (χ1n) is 6.85. The Morgan fingerprint density at radius 2 is 1.91 bits per heavy atom. The number of nitrogens with zero attached hydrogens (tertiary/aromatic N) is 2. The van der Waals surface area contributed by atoms with Crippen molar-refractivity contribution < 1.29 is 18.9 Å². The van der Waals surface area contributed by atoms with Crippen LogP contribution in [0.15, 0.2) is 24.3 Å². The van der Waals surface area contributed by atoms with Crippen LogP contribution in [0.1, 0.15) is 11.5 Å². The molecule has 3 atom stereocenters. The molecule has 0 amide bonds. The lowest BCUT2D eigenvalue weighted by Gasteiger charge is -2.23. The van der Waals surface area contributed by atoms with E-state index in [1.807, 2.05) is 0 Å². The number of nitriles is 2. The van der Waals surface area contributed by atoms with Gasteiger partial charge in [-0.2, -0.15) is 10.5 Å². The number of hydrogen-bond donors (Lipinski definition) is 2. The van der Waals surface area contributed by atoms with E-state index in [4.69, 9.17) is 15.2 Å². The van der Waals surface area contributed by atoms with E-state index in [9.17, 15) is 14.9 Å². The van der Waals surface area contributed by atoms with Crippen LogP contribution in [0.3, 0.4) is 0 Å². The Morgan fingerprint density at radius 3 is 2.50 bits per heavy atom. The zero-order valence-electron chi connectivity index (χ0n) is 11.5. The number of fused-ring (bicyclic) bond motifs is 2. The van der Waals surface area contributed by atoms with Crippen molar-refractivity contribution in [3.05, 3.63) is 35.6 Å². The summed E-state index contributed by atoms with van der Waals surface area (Å²) in [5.41, 5.74) is 3.51. The number of rotatable bonds is 1. The van der Waals surface area contributed by atoms with Gasteiger partial charge < -0.3 is 9.47 Å². The van der Waals surface area contributed by atoms with E-state index >= 15 is 0 Å². The molecular weight excluding hydrogens is 287 g/mol. The highest BCUT2D eigenvalue weighted by atomic mass is 19.1. The van der Waals surface area contributed by atoms with Crippen molar-refractivity contribution in [3.63, 3.8) is 0 Å². The maximum atomic E-state index is 14.2. The summed E-state index contributed by atoms with van der Waals surface area (Å²) in [7, 11) is 0. The molecule has 2 aliphatic heterocycles. The van der Waals surface area contributed by atoms with Crippen molar-refractivity contribution in [2.75, 3.05) is 13.2 Å². The molecule has 4 rings (SSSR count). The van der Waals surface area contributed by atoms with Crippen molar-refractivity contribution in [1.29, 1.82) is 10.5 Å². The van der Waals surface area contributed by atoms with Crippen molar-refractivity contribution in [1.82, 2.24) is 0 Å². The predicted molar refractivity (Wildman–Crippen MR) is 70.0 cm³/mol. The van der Waals surface area contributed by atoms with Gasteiger partial charge in [-0.3, -0.25) is 5.73 Å². The average molecular weight is 299 g/mol. The Balaban J connectivity index is 1.97. The fourth-order valence-corrected chi connectivity index (χ4v) is 3.99. The van der Waals surface area contributed by atoms with Gasteiger partial charge >= 0.3 is 5.91 Å². The maximum absolute atomic E-state index is 14.2. The highest BCUT2D eigenvalue weighted by Crippen LogP contribution is 2.79. The molecule has 3 aliphatic rings. The molecule has 110 valence electrons. The molecule has 1 spiro atoms. The molecule has 2 fully saturated rings. The van der Waals surface area contributed by atoms with Crippen molar-refractivity contribution in [2.45, 2.75) is 11.8 Å². The molecule has 2 heterocycles. The topological polar surface area (TPSA) is 106 Å². The minimum absolute atomic E-state index is 0.0895. The van der Waals surface area contributed by atoms with Gasteiger partial charge in [0.25, 0.3) is 5.84 Å². The number of nitrogens with one attached hydrogen (secondary N) is 1. The first-order chi connectivity index (χ1) is 10.6. The van der Waals surface area contributed by atoms with Gasteiger partial charge in [-0.15, -0.1) is 0 Å². The largest absolute Gasteiger partial charge is 0.343 e. The smallest absolute Gasteiger partial charge is 0.311 e. The standard InChI is InChI=1S/C15H11FN4O2/c16-10-4-2-1-3-9(10)11-13(7-17)12(19)20-15(14(11,13)8-18)21-5-6-22-15/h1-4,11H,5-6H2,(H2,19,20)/p+1/t11-,13+,14+/m0/s1. The predicted octanol–water partition coefficient (Wildman–Crippen LogP) is -0.905. The lowest BCUT2D eigenvalue weighted by molar-refractivity contribution is -0.676. The van der Waals surface area contributed by atoms with Crippen LogP contribution in [0.5, 0.6) is 0 Å². The first kappa shape index (κ1) is 13.2. The first-order valence-corrected chi connectivity index (χ1v) is 6.85. The summed E-state index contributed by atoms with van der Waals surface area (Å²) in [5, 5.41) is 19.6. The quantitative estimate of drug-likeness (QED) is 0.698. The summed E-state index contributed by atoms with van der Waals surface area (Å²) < 4.78 is 25.4. The van der Waals surface area contributed by atoms with Crippen LogP contribution in [0.4, 0.5) is 4.39 Å². The molecule has 7 heteroatoms. The monoisotopic (exact) mass is 299 g/mol. The summed E-state index contributed by atoms with van der Waals surface area (Å²) >= 11 is 0. The third-order valence-corrected chi connectivity index (χ3v) is 4.91. The lowest BCUT2D eigenvalue weighted by Crippen LogP contribution is -2.89. The summed E-state index contributed by atoms with van der Waals surface area (Å²) in [6, 6.07) is 10.3. The molecule has 1 aliphatic carbocycles. The Kier molecular flexibility index (Phi) is 2.30. The fourth-order valence-electron chi connectivity index (χ4n) is 3.99. The molecule has 22 heavy (non-hydrogen) atoms. The van der Waals surface area contributed by atoms with Crippen molar-refractivity contribution in [2.24, 2.45) is 16.6 Å². The minimum Gasteiger partial charge on any atom is -0.311 e. The minimum atomic E-state index is -1.49. The zero-order chi connectivity index (χ0) is 15.6. The molecule has 0 bridgehead atoms. The van der Waals surface area contributed by atoms with Crippen LogP contribution in [-0.4, -0.2) is 25.0 Å². The summed E-state index contributed by atoms with van der Waals surface area (Å²) in [6.45, 7) is 0.546. The number of ether oxygens (including phenoxy) is 2. The van der Waals surface area contributed by atoms with E-state index in [2.05, 4.69) is 17.1 Å². The lowest BCUT2D eigenvalue weighted by atomic mass is 9.94. The van der Waals surface area contributed by atoms with Crippen LogP contribution in [-0.2, 0) is 9.47 Å². The number of halogens is 1. The molecule has 1 aromatic rings. The summed E-state index contributed by atoms with van der Waals surface area (Å²) in [6.07, 6.45) is 0. The normalized spacial score (nSPS) is 37.2. The molecule has 0 unspecified atom stereocenters. The van der Waals surface area contributed by atoms with Crippen LogP contribution in [0.2, 0.25) is 0 Å². The van der Waals surface area contributed by atoms with Gasteiger partial charge in [0.2, 0.25) is 0 Å². The summed E-state index contributed by atoms with van der Waals surface area (Å²) in [5.74, 6) is -2.62. The van der Waals surface area contributed by atoms with Crippen LogP contribution >= 0.6 is 0 Å². The van der Waals surface area contributed by atoms with Crippen LogP contribution in [0.25, 0.3) is 0 Å². The fraction of sp³-hybridized carbons (Fsp3) is 0.400. The van der Waals surface area contributed by atoms with Gasteiger partial charge in [-0.1, -0.05) is 18.2 Å². The van der Waals surface area contributed by atoms with Gasteiger partial charge in [0.15, 0.2) is 10.8 Å². The number of benzene rings is 1. The SMILES string of the molecule is N#C[C@@]12C(N)=[NH+]C3(OCCO3)[C@]1(C#N)[C@H]2c1ccccc1F. The van der Waals surface area contributed by atoms with Gasteiger partial charge in [0.05, 0.1) is 25.4 Å². The number of nitrogens with two attached hydrogens (primary N) is 1. The third-order valence-electron chi connectivity index (χ3n) is 4.91. The van der Waals surface area contributed by atoms with Gasteiger partial charge in [0.1, 0.15) is 5.82 Å². The Labute approximate surface area is 125 Å². The van der Waals surface area contributed by atoms with Crippen LogP contribution in [0, 0.1) is 39.3 Å².